The molecule has 100 valence electrons. The Morgan fingerprint density at radius 3 is 2.78 bits per heavy atom. The summed E-state index contributed by atoms with van der Waals surface area (Å²) in [5.74, 6) is 0.343. The van der Waals surface area contributed by atoms with Crippen LogP contribution in [-0.4, -0.2) is 24.0 Å². The average molecular weight is 251 g/mol. The molecule has 3 N–H and O–H groups in total. The molecule has 0 radical (unpaired) electrons. The molecule has 0 bridgehead atoms. The van der Waals surface area contributed by atoms with E-state index in [-0.39, 0.29) is 11.3 Å². The molecule has 1 aromatic rings. The van der Waals surface area contributed by atoms with Crippen LogP contribution in [0.1, 0.15) is 26.3 Å². The van der Waals surface area contributed by atoms with Crippen molar-refractivity contribution in [2.45, 2.75) is 33.4 Å². The third kappa shape index (κ3) is 3.70. The van der Waals surface area contributed by atoms with Gasteiger partial charge in [-0.15, -0.1) is 0 Å². The highest BCUT2D eigenvalue weighted by Crippen LogP contribution is 2.18. The summed E-state index contributed by atoms with van der Waals surface area (Å²) < 4.78 is 5.11. The van der Waals surface area contributed by atoms with Crippen molar-refractivity contribution >= 4 is 5.91 Å². The predicted octanol–water partition coefficient (Wildman–Crippen LogP) is 1.08. The van der Waals surface area contributed by atoms with Crippen LogP contribution >= 0.6 is 0 Å². The Morgan fingerprint density at radius 2 is 2.22 bits per heavy atom. The number of pyridine rings is 1. The Kier molecular flexibility index (Phi) is 4.67. The third-order valence-corrected chi connectivity index (χ3v) is 2.71. The second-order valence-electron chi connectivity index (χ2n) is 5.23. The molecule has 1 atom stereocenters. The van der Waals surface area contributed by atoms with E-state index in [9.17, 15) is 4.79 Å². The molecule has 0 aliphatic rings. The highest BCUT2D eigenvalue weighted by Gasteiger charge is 2.27. The average Bonchev–Trinajstić information content (AvgIpc) is 2.34. The van der Waals surface area contributed by atoms with Crippen LogP contribution in [0.25, 0.3) is 0 Å². The van der Waals surface area contributed by atoms with Crippen LogP contribution in [0.15, 0.2) is 18.3 Å². The molecule has 1 unspecified atom stereocenters. The molecule has 18 heavy (non-hydrogen) atoms. The Balaban J connectivity index is 2.63. The maximum absolute atomic E-state index is 11.9. The lowest BCUT2D eigenvalue weighted by atomic mass is 9.87. The summed E-state index contributed by atoms with van der Waals surface area (Å²) in [5.41, 5.74) is 6.44. The van der Waals surface area contributed by atoms with E-state index in [1.165, 1.54) is 0 Å². The number of hydrogen-bond acceptors (Lipinski definition) is 4. The molecular weight excluding hydrogens is 230 g/mol. The fraction of sp³-hybridized carbons (Fsp3) is 0.538. The largest absolute Gasteiger partial charge is 0.481 e. The lowest BCUT2D eigenvalue weighted by Crippen LogP contribution is -2.48. The van der Waals surface area contributed by atoms with Gasteiger partial charge in [0.25, 0.3) is 0 Å². The van der Waals surface area contributed by atoms with E-state index < -0.39 is 6.04 Å². The summed E-state index contributed by atoms with van der Waals surface area (Å²) in [6.07, 6.45) is 1.64. The fourth-order valence-corrected chi connectivity index (χ4v) is 1.43. The molecule has 0 aromatic carbocycles. The molecule has 0 saturated carbocycles. The van der Waals surface area contributed by atoms with Crippen molar-refractivity contribution < 1.29 is 9.53 Å². The SMILES string of the molecule is COc1ncccc1CNC(=O)C(N)C(C)(C)C. The molecular formula is C13H21N3O2. The van der Waals surface area contributed by atoms with E-state index in [0.717, 1.165) is 5.56 Å². The van der Waals surface area contributed by atoms with Gasteiger partial charge in [-0.25, -0.2) is 4.98 Å². The van der Waals surface area contributed by atoms with Gasteiger partial charge in [0.1, 0.15) is 0 Å². The normalized spacial score (nSPS) is 12.9. The van der Waals surface area contributed by atoms with Gasteiger partial charge in [-0.3, -0.25) is 4.79 Å². The monoisotopic (exact) mass is 251 g/mol. The fourth-order valence-electron chi connectivity index (χ4n) is 1.43. The minimum atomic E-state index is -0.542. The highest BCUT2D eigenvalue weighted by molar-refractivity contribution is 5.82. The van der Waals surface area contributed by atoms with Crippen LogP contribution in [0.3, 0.4) is 0 Å². The van der Waals surface area contributed by atoms with Gasteiger partial charge >= 0.3 is 0 Å². The van der Waals surface area contributed by atoms with Crippen LogP contribution in [0.4, 0.5) is 0 Å². The number of carbonyl (C=O) groups excluding carboxylic acids is 1. The van der Waals surface area contributed by atoms with Crippen LogP contribution in [-0.2, 0) is 11.3 Å². The van der Waals surface area contributed by atoms with Gasteiger partial charge in [0.15, 0.2) is 0 Å². The summed E-state index contributed by atoms with van der Waals surface area (Å²) in [6.45, 7) is 6.16. The summed E-state index contributed by atoms with van der Waals surface area (Å²) in [4.78, 5) is 15.9. The number of ether oxygens (including phenoxy) is 1. The lowest BCUT2D eigenvalue weighted by molar-refractivity contribution is -0.124. The van der Waals surface area contributed by atoms with Crippen molar-refractivity contribution in [1.82, 2.24) is 10.3 Å². The van der Waals surface area contributed by atoms with Gasteiger partial charge in [0.2, 0.25) is 11.8 Å². The van der Waals surface area contributed by atoms with Gasteiger partial charge < -0.3 is 15.8 Å². The maximum atomic E-state index is 11.9. The second kappa shape index (κ2) is 5.82. The van der Waals surface area contributed by atoms with E-state index >= 15 is 0 Å². The number of nitrogens with zero attached hydrogens (tertiary/aromatic N) is 1. The second-order valence-corrected chi connectivity index (χ2v) is 5.23. The first-order valence-corrected chi connectivity index (χ1v) is 5.87. The zero-order valence-electron chi connectivity index (χ0n) is 11.4. The van der Waals surface area contributed by atoms with Gasteiger partial charge in [-0.2, -0.15) is 0 Å². The molecule has 0 saturated heterocycles. The Hall–Kier alpha value is -1.62. The van der Waals surface area contributed by atoms with E-state index in [2.05, 4.69) is 10.3 Å². The zero-order valence-corrected chi connectivity index (χ0v) is 11.4. The molecule has 1 rings (SSSR count). The first kappa shape index (κ1) is 14.4. The van der Waals surface area contributed by atoms with Crippen LogP contribution in [0.5, 0.6) is 5.88 Å². The molecule has 5 heteroatoms. The maximum Gasteiger partial charge on any atom is 0.237 e. The number of nitrogens with two attached hydrogens (primary N) is 1. The molecule has 0 spiro atoms. The molecule has 1 aromatic heterocycles. The number of methoxy groups -OCH3 is 1. The number of rotatable bonds is 4. The minimum Gasteiger partial charge on any atom is -0.481 e. The zero-order chi connectivity index (χ0) is 13.8. The minimum absolute atomic E-state index is 0.173. The smallest absolute Gasteiger partial charge is 0.237 e. The first-order chi connectivity index (χ1) is 8.36. The summed E-state index contributed by atoms with van der Waals surface area (Å²) in [5, 5.41) is 2.80. The number of amides is 1. The van der Waals surface area contributed by atoms with Gasteiger partial charge in [-0.05, 0) is 11.5 Å². The Labute approximate surface area is 108 Å². The summed E-state index contributed by atoms with van der Waals surface area (Å²) in [6, 6.07) is 3.11. The molecule has 5 nitrogen and oxygen atoms in total. The van der Waals surface area contributed by atoms with Gasteiger partial charge in [-0.1, -0.05) is 26.8 Å². The molecule has 0 fully saturated rings. The molecule has 1 amide bonds. The Bertz CT molecular complexity index is 413. The van der Waals surface area contributed by atoms with Crippen molar-refractivity contribution in [3.05, 3.63) is 23.9 Å². The first-order valence-electron chi connectivity index (χ1n) is 5.87. The third-order valence-electron chi connectivity index (χ3n) is 2.71. The highest BCUT2D eigenvalue weighted by atomic mass is 16.5. The summed E-state index contributed by atoms with van der Waals surface area (Å²) in [7, 11) is 1.55. The number of carbonyl (C=O) groups is 1. The standard InChI is InChI=1S/C13H21N3O2/c1-13(2,3)10(14)11(17)16-8-9-6-5-7-15-12(9)18-4/h5-7,10H,8,14H2,1-4H3,(H,16,17). The molecule has 0 aliphatic carbocycles. The van der Waals surface area contributed by atoms with Gasteiger partial charge in [0, 0.05) is 18.3 Å². The quantitative estimate of drug-likeness (QED) is 0.839. The number of aromatic nitrogens is 1. The van der Waals surface area contributed by atoms with Gasteiger partial charge in [0.05, 0.1) is 13.2 Å². The van der Waals surface area contributed by atoms with Crippen molar-refractivity contribution in [3.63, 3.8) is 0 Å². The van der Waals surface area contributed by atoms with Crippen LogP contribution in [0.2, 0.25) is 0 Å². The van der Waals surface area contributed by atoms with E-state index in [4.69, 9.17) is 10.5 Å². The van der Waals surface area contributed by atoms with Crippen molar-refractivity contribution in [3.8, 4) is 5.88 Å². The number of hydrogen-bond donors (Lipinski definition) is 2. The molecule has 0 aliphatic heterocycles. The van der Waals surface area contributed by atoms with Crippen molar-refractivity contribution in [1.29, 1.82) is 0 Å². The van der Waals surface area contributed by atoms with Crippen molar-refractivity contribution in [2.24, 2.45) is 11.1 Å². The predicted molar refractivity (Wildman–Crippen MR) is 70.1 cm³/mol. The lowest BCUT2D eigenvalue weighted by Gasteiger charge is -2.25. The number of nitrogens with one attached hydrogen (secondary N) is 1. The molecule has 1 heterocycles. The van der Waals surface area contributed by atoms with Crippen LogP contribution in [0, 0.1) is 5.41 Å². The Morgan fingerprint density at radius 1 is 1.56 bits per heavy atom. The van der Waals surface area contributed by atoms with Crippen LogP contribution < -0.4 is 15.8 Å². The van der Waals surface area contributed by atoms with E-state index in [1.807, 2.05) is 26.8 Å². The van der Waals surface area contributed by atoms with E-state index in [0.29, 0.717) is 12.4 Å². The summed E-state index contributed by atoms with van der Waals surface area (Å²) >= 11 is 0. The van der Waals surface area contributed by atoms with Crippen molar-refractivity contribution in [2.75, 3.05) is 7.11 Å². The topological polar surface area (TPSA) is 77.2 Å². The van der Waals surface area contributed by atoms with E-state index in [1.54, 1.807) is 19.4 Å².